The average Bonchev–Trinajstić information content (AvgIpc) is 1.84. The average molecular weight is 190 g/mol. The number of carboxylic acid groups (broad SMARTS) is 1. The lowest BCUT2D eigenvalue weighted by atomic mass is 10.2. The van der Waals surface area contributed by atoms with Gasteiger partial charge in [-0.15, -0.1) is 0 Å². The van der Waals surface area contributed by atoms with Crippen molar-refractivity contribution in [2.45, 2.75) is 19.3 Å². The zero-order chi connectivity index (χ0) is 9.56. The summed E-state index contributed by atoms with van der Waals surface area (Å²) < 4.78 is 0. The quantitative estimate of drug-likeness (QED) is 0.524. The number of nitrogens with one attached hydrogen (secondary N) is 1. The van der Waals surface area contributed by atoms with Crippen LogP contribution in [0.25, 0.3) is 0 Å². The Hall–Kier alpha value is -1.17. The number of hydrogen-bond donors (Lipinski definition) is 3. The maximum atomic E-state index is 10.8. The zero-order valence-electron chi connectivity index (χ0n) is 6.37. The smallest absolute Gasteiger partial charge is 0.303 e. The van der Waals surface area contributed by atoms with Gasteiger partial charge >= 0.3 is 5.97 Å². The molecule has 0 aliphatic carbocycles. The second-order valence-corrected chi connectivity index (χ2v) is 2.60. The van der Waals surface area contributed by atoms with E-state index in [1.807, 2.05) is 0 Å². The van der Waals surface area contributed by atoms with Crippen molar-refractivity contribution in [2.75, 3.05) is 0 Å². The molecule has 0 aliphatic rings. The molecular formula is C6H10N2O3S. The molecule has 0 aliphatic heterocycles. The number of thiocarbonyl (C=S) groups is 1. The SMILES string of the molecule is NC(=S)NC(=O)CCCC(=O)O. The Morgan fingerprint density at radius 3 is 2.42 bits per heavy atom. The first-order chi connectivity index (χ1) is 5.52. The Morgan fingerprint density at radius 2 is 2.00 bits per heavy atom. The standard InChI is InChI=1S/C6H10N2O3S/c7-6(12)8-4(9)2-1-3-5(10)11/h1-3H2,(H,10,11)(H3,7,8,9,12). The van der Waals surface area contributed by atoms with Crippen molar-refractivity contribution in [2.24, 2.45) is 5.73 Å². The molecule has 0 saturated heterocycles. The summed E-state index contributed by atoms with van der Waals surface area (Å²) in [5, 5.41) is 10.3. The number of carbonyl (C=O) groups is 2. The fourth-order valence-electron chi connectivity index (χ4n) is 0.600. The minimum atomic E-state index is -0.918. The zero-order valence-corrected chi connectivity index (χ0v) is 7.19. The van der Waals surface area contributed by atoms with Crippen LogP contribution < -0.4 is 11.1 Å². The molecule has 0 heterocycles. The number of hydrogen-bond acceptors (Lipinski definition) is 3. The van der Waals surface area contributed by atoms with Crippen molar-refractivity contribution in [3.8, 4) is 0 Å². The lowest BCUT2D eigenvalue weighted by Gasteiger charge is -1.99. The fourth-order valence-corrected chi connectivity index (χ4v) is 0.714. The van der Waals surface area contributed by atoms with Gasteiger partial charge in [-0.2, -0.15) is 0 Å². The van der Waals surface area contributed by atoms with Gasteiger partial charge in [-0.05, 0) is 18.6 Å². The Morgan fingerprint density at radius 1 is 1.42 bits per heavy atom. The first kappa shape index (κ1) is 10.8. The molecule has 0 aromatic heterocycles. The molecule has 0 bridgehead atoms. The molecule has 5 nitrogen and oxygen atoms in total. The van der Waals surface area contributed by atoms with Crippen LogP contribution in [0.1, 0.15) is 19.3 Å². The molecule has 0 rings (SSSR count). The van der Waals surface area contributed by atoms with E-state index in [1.165, 1.54) is 0 Å². The van der Waals surface area contributed by atoms with Crippen molar-refractivity contribution in [1.29, 1.82) is 0 Å². The summed E-state index contributed by atoms with van der Waals surface area (Å²) in [6.45, 7) is 0. The molecular weight excluding hydrogens is 180 g/mol. The highest BCUT2D eigenvalue weighted by Crippen LogP contribution is 1.94. The second-order valence-electron chi connectivity index (χ2n) is 2.16. The maximum Gasteiger partial charge on any atom is 0.303 e. The summed E-state index contributed by atoms with van der Waals surface area (Å²) in [6, 6.07) is 0. The van der Waals surface area contributed by atoms with E-state index in [9.17, 15) is 9.59 Å². The first-order valence-electron chi connectivity index (χ1n) is 3.33. The van der Waals surface area contributed by atoms with Gasteiger partial charge in [0, 0.05) is 12.8 Å². The second kappa shape index (κ2) is 5.48. The summed E-state index contributed by atoms with van der Waals surface area (Å²) in [4.78, 5) is 20.8. The van der Waals surface area contributed by atoms with E-state index in [0.717, 1.165) is 0 Å². The van der Waals surface area contributed by atoms with E-state index in [2.05, 4.69) is 17.5 Å². The van der Waals surface area contributed by atoms with Gasteiger partial charge in [0.05, 0.1) is 0 Å². The van der Waals surface area contributed by atoms with Crippen LogP contribution in [0, 0.1) is 0 Å². The molecule has 0 atom stereocenters. The Labute approximate surface area is 74.9 Å². The number of nitrogens with two attached hydrogens (primary N) is 1. The van der Waals surface area contributed by atoms with Crippen LogP contribution in [0.3, 0.4) is 0 Å². The molecule has 4 N–H and O–H groups in total. The van der Waals surface area contributed by atoms with Crippen LogP contribution in [-0.4, -0.2) is 22.1 Å². The number of carboxylic acids is 1. The number of aliphatic carboxylic acids is 1. The number of carbonyl (C=O) groups excluding carboxylic acids is 1. The highest BCUT2D eigenvalue weighted by molar-refractivity contribution is 7.80. The lowest BCUT2D eigenvalue weighted by Crippen LogP contribution is -2.34. The van der Waals surface area contributed by atoms with Crippen LogP contribution in [0.4, 0.5) is 0 Å². The van der Waals surface area contributed by atoms with Crippen molar-refractivity contribution >= 4 is 29.2 Å². The van der Waals surface area contributed by atoms with Gasteiger partial charge in [0.1, 0.15) is 0 Å². The molecule has 12 heavy (non-hydrogen) atoms. The summed E-state index contributed by atoms with van der Waals surface area (Å²) in [5.74, 6) is -1.26. The van der Waals surface area contributed by atoms with Crippen molar-refractivity contribution in [3.63, 3.8) is 0 Å². The van der Waals surface area contributed by atoms with Gasteiger partial charge in [0.15, 0.2) is 5.11 Å². The van der Waals surface area contributed by atoms with Gasteiger partial charge in [0.2, 0.25) is 5.91 Å². The highest BCUT2D eigenvalue weighted by atomic mass is 32.1. The van der Waals surface area contributed by atoms with E-state index in [1.54, 1.807) is 0 Å². The Kier molecular flexibility index (Phi) is 4.94. The van der Waals surface area contributed by atoms with Gasteiger partial charge in [-0.1, -0.05) is 0 Å². The number of amides is 1. The van der Waals surface area contributed by atoms with Crippen LogP contribution in [0.5, 0.6) is 0 Å². The fraction of sp³-hybridized carbons (Fsp3) is 0.500. The normalized spacial score (nSPS) is 9.00. The molecule has 68 valence electrons. The molecule has 0 unspecified atom stereocenters. The topological polar surface area (TPSA) is 92.4 Å². The minimum Gasteiger partial charge on any atom is -0.481 e. The minimum absolute atomic E-state index is 0.0231. The highest BCUT2D eigenvalue weighted by Gasteiger charge is 2.03. The largest absolute Gasteiger partial charge is 0.481 e. The van der Waals surface area contributed by atoms with E-state index in [4.69, 9.17) is 10.8 Å². The van der Waals surface area contributed by atoms with Crippen LogP contribution in [0.15, 0.2) is 0 Å². The van der Waals surface area contributed by atoms with Gasteiger partial charge in [-0.3, -0.25) is 9.59 Å². The first-order valence-corrected chi connectivity index (χ1v) is 3.74. The van der Waals surface area contributed by atoms with E-state index < -0.39 is 5.97 Å². The molecule has 0 saturated carbocycles. The third-order valence-corrected chi connectivity index (χ3v) is 1.16. The van der Waals surface area contributed by atoms with Crippen molar-refractivity contribution in [3.05, 3.63) is 0 Å². The van der Waals surface area contributed by atoms with Crippen molar-refractivity contribution < 1.29 is 14.7 Å². The molecule has 1 amide bonds. The predicted molar refractivity (Wildman–Crippen MR) is 46.4 cm³/mol. The lowest BCUT2D eigenvalue weighted by molar-refractivity contribution is -0.137. The van der Waals surface area contributed by atoms with Gasteiger partial charge < -0.3 is 16.2 Å². The maximum absolute atomic E-state index is 10.8. The molecule has 0 radical (unpaired) electrons. The third kappa shape index (κ3) is 6.94. The van der Waals surface area contributed by atoms with E-state index in [0.29, 0.717) is 6.42 Å². The summed E-state index contributed by atoms with van der Waals surface area (Å²) in [5.41, 5.74) is 5.01. The summed E-state index contributed by atoms with van der Waals surface area (Å²) >= 11 is 4.40. The molecule has 0 spiro atoms. The molecule has 0 aromatic carbocycles. The van der Waals surface area contributed by atoms with Gasteiger partial charge in [0.25, 0.3) is 0 Å². The molecule has 6 heteroatoms. The van der Waals surface area contributed by atoms with Crippen LogP contribution in [-0.2, 0) is 9.59 Å². The van der Waals surface area contributed by atoms with Crippen LogP contribution >= 0.6 is 12.2 Å². The van der Waals surface area contributed by atoms with Crippen LogP contribution in [0.2, 0.25) is 0 Å². The third-order valence-electron chi connectivity index (χ3n) is 1.06. The predicted octanol–water partition coefficient (Wildman–Crippen LogP) is -0.399. The Balaban J connectivity index is 3.44. The molecule has 0 fully saturated rings. The van der Waals surface area contributed by atoms with Crippen molar-refractivity contribution in [1.82, 2.24) is 5.32 Å². The Bertz CT molecular complexity index is 205. The van der Waals surface area contributed by atoms with Gasteiger partial charge in [-0.25, -0.2) is 0 Å². The van der Waals surface area contributed by atoms with E-state index in [-0.39, 0.29) is 23.9 Å². The molecule has 0 aromatic rings. The summed E-state index contributed by atoms with van der Waals surface area (Å²) in [7, 11) is 0. The monoisotopic (exact) mass is 190 g/mol. The van der Waals surface area contributed by atoms with E-state index >= 15 is 0 Å². The number of rotatable bonds is 4. The summed E-state index contributed by atoms with van der Waals surface area (Å²) in [6.07, 6.45) is 0.401.